The number of halogens is 1. The Morgan fingerprint density at radius 2 is 2.29 bits per heavy atom. The average molecular weight is 274 g/mol. The molecule has 14 heavy (non-hydrogen) atoms. The van der Waals surface area contributed by atoms with Crippen molar-refractivity contribution in [1.29, 1.82) is 0 Å². The highest BCUT2D eigenvalue weighted by Gasteiger charge is 2.19. The van der Waals surface area contributed by atoms with Crippen LogP contribution in [0.3, 0.4) is 0 Å². The fourth-order valence-corrected chi connectivity index (χ4v) is 2.74. The fraction of sp³-hybridized carbons (Fsp3) is 0. The highest BCUT2D eigenvalue weighted by Crippen LogP contribution is 2.41. The molecule has 72 valence electrons. The van der Waals surface area contributed by atoms with E-state index in [1.807, 2.05) is 0 Å². The predicted molar refractivity (Wildman–Crippen MR) is 57.8 cm³/mol. The van der Waals surface area contributed by atoms with Gasteiger partial charge in [0, 0.05) is 15.9 Å². The molecule has 6 heteroatoms. The van der Waals surface area contributed by atoms with Crippen LogP contribution in [0.15, 0.2) is 22.0 Å². The zero-order valence-corrected chi connectivity index (χ0v) is 9.13. The number of phenols is 1. The van der Waals surface area contributed by atoms with Gasteiger partial charge >= 0.3 is 5.69 Å². The summed E-state index contributed by atoms with van der Waals surface area (Å²) in [6.07, 6.45) is 0. The van der Waals surface area contributed by atoms with Crippen molar-refractivity contribution in [3.8, 4) is 5.75 Å². The molecule has 0 atom stereocenters. The molecule has 0 aliphatic rings. The highest BCUT2D eigenvalue weighted by atomic mass is 79.9. The van der Waals surface area contributed by atoms with Gasteiger partial charge in [0.05, 0.1) is 9.62 Å². The summed E-state index contributed by atoms with van der Waals surface area (Å²) in [6, 6.07) is 3.11. The summed E-state index contributed by atoms with van der Waals surface area (Å²) in [5, 5.41) is 22.7. The lowest BCUT2D eigenvalue weighted by molar-refractivity contribution is -0.385. The molecule has 0 bridgehead atoms. The van der Waals surface area contributed by atoms with Gasteiger partial charge in [-0.1, -0.05) is 0 Å². The van der Waals surface area contributed by atoms with Crippen LogP contribution in [-0.2, 0) is 0 Å². The Balaban J connectivity index is 2.88. The van der Waals surface area contributed by atoms with Gasteiger partial charge in [-0.3, -0.25) is 10.1 Å². The van der Waals surface area contributed by atoms with E-state index in [-0.39, 0.29) is 11.4 Å². The molecule has 0 radical (unpaired) electrons. The maximum atomic E-state index is 10.6. The van der Waals surface area contributed by atoms with Crippen LogP contribution in [0.1, 0.15) is 0 Å². The number of fused-ring (bicyclic) bond motifs is 1. The number of benzene rings is 1. The lowest BCUT2D eigenvalue weighted by Gasteiger charge is -1.99. The molecule has 2 aromatic rings. The minimum atomic E-state index is -0.598. The second-order valence-corrected chi connectivity index (χ2v) is 4.42. The smallest absolute Gasteiger partial charge is 0.313 e. The Bertz CT molecular complexity index is 523. The summed E-state index contributed by atoms with van der Waals surface area (Å²) in [7, 11) is 0. The van der Waals surface area contributed by atoms with Crippen molar-refractivity contribution >= 4 is 43.0 Å². The third kappa shape index (κ3) is 1.27. The Morgan fingerprint density at radius 3 is 2.93 bits per heavy atom. The number of hydrogen-bond acceptors (Lipinski definition) is 4. The number of phenolic OH excluding ortho intramolecular Hbond substituents is 1. The van der Waals surface area contributed by atoms with Gasteiger partial charge in [-0.15, -0.1) is 11.3 Å². The number of nitro groups is 1. The predicted octanol–water partition coefficient (Wildman–Crippen LogP) is 3.28. The van der Waals surface area contributed by atoms with Gasteiger partial charge in [0.1, 0.15) is 0 Å². The largest absolute Gasteiger partial charge is 0.501 e. The lowest BCUT2D eigenvalue weighted by atomic mass is 10.2. The molecular formula is C8H4BrNO3S. The Morgan fingerprint density at radius 1 is 1.57 bits per heavy atom. The van der Waals surface area contributed by atoms with Crippen LogP contribution in [0.5, 0.6) is 5.75 Å². The number of rotatable bonds is 1. The van der Waals surface area contributed by atoms with Gasteiger partial charge < -0.3 is 5.11 Å². The first-order chi connectivity index (χ1) is 6.61. The van der Waals surface area contributed by atoms with Crippen LogP contribution in [0.4, 0.5) is 5.69 Å². The average Bonchev–Trinajstić information content (AvgIpc) is 2.59. The first-order valence-corrected chi connectivity index (χ1v) is 5.31. The van der Waals surface area contributed by atoms with Crippen molar-refractivity contribution in [1.82, 2.24) is 0 Å². The fourth-order valence-electron chi connectivity index (χ4n) is 1.20. The van der Waals surface area contributed by atoms with Crippen LogP contribution in [0.25, 0.3) is 10.1 Å². The van der Waals surface area contributed by atoms with E-state index in [1.54, 1.807) is 11.4 Å². The summed E-state index contributed by atoms with van der Waals surface area (Å²) in [6.45, 7) is 0. The molecule has 0 aliphatic heterocycles. The summed E-state index contributed by atoms with van der Waals surface area (Å²) in [5.74, 6) is -0.261. The van der Waals surface area contributed by atoms with Crippen molar-refractivity contribution < 1.29 is 10.0 Å². The molecule has 2 rings (SSSR count). The van der Waals surface area contributed by atoms with Crippen molar-refractivity contribution in [2.24, 2.45) is 0 Å². The standard InChI is InChI=1S/C8H4BrNO3S/c9-5-3-6(10(12)13)7(11)8-4(5)1-2-14-8/h1-3,11H. The third-order valence-corrected chi connectivity index (χ3v) is 3.42. The van der Waals surface area contributed by atoms with Crippen LogP contribution in [0, 0.1) is 10.1 Å². The van der Waals surface area contributed by atoms with Crippen LogP contribution in [-0.4, -0.2) is 10.0 Å². The summed E-state index contributed by atoms with van der Waals surface area (Å²) >= 11 is 4.50. The molecule has 0 unspecified atom stereocenters. The van der Waals surface area contributed by atoms with Gasteiger partial charge in [0.2, 0.25) is 5.75 Å². The van der Waals surface area contributed by atoms with Gasteiger partial charge in [0.15, 0.2) is 0 Å². The highest BCUT2D eigenvalue weighted by molar-refractivity contribution is 9.10. The van der Waals surface area contributed by atoms with Crippen LogP contribution < -0.4 is 0 Å². The van der Waals surface area contributed by atoms with Crippen molar-refractivity contribution in [2.45, 2.75) is 0 Å². The van der Waals surface area contributed by atoms with E-state index in [0.717, 1.165) is 5.39 Å². The summed E-state index contributed by atoms with van der Waals surface area (Å²) in [4.78, 5) is 9.97. The summed E-state index contributed by atoms with van der Waals surface area (Å²) < 4.78 is 1.16. The normalized spacial score (nSPS) is 10.6. The van der Waals surface area contributed by atoms with E-state index < -0.39 is 4.92 Å². The first kappa shape index (κ1) is 9.42. The number of hydrogen-bond donors (Lipinski definition) is 1. The lowest BCUT2D eigenvalue weighted by Crippen LogP contribution is -1.88. The van der Waals surface area contributed by atoms with Crippen LogP contribution in [0.2, 0.25) is 0 Å². The Labute approximate surface area is 91.1 Å². The minimum absolute atomic E-state index is 0.261. The van der Waals surface area contributed by atoms with E-state index in [2.05, 4.69) is 15.9 Å². The molecule has 1 heterocycles. The molecule has 0 aliphatic carbocycles. The van der Waals surface area contributed by atoms with E-state index >= 15 is 0 Å². The van der Waals surface area contributed by atoms with Gasteiger partial charge in [-0.25, -0.2) is 0 Å². The van der Waals surface area contributed by atoms with E-state index in [4.69, 9.17) is 0 Å². The van der Waals surface area contributed by atoms with Crippen LogP contribution >= 0.6 is 27.3 Å². The second kappa shape index (κ2) is 3.21. The number of thiophene rings is 1. The third-order valence-electron chi connectivity index (χ3n) is 1.84. The first-order valence-electron chi connectivity index (χ1n) is 3.64. The molecule has 0 saturated heterocycles. The van der Waals surface area contributed by atoms with Crippen molar-refractivity contribution in [3.05, 3.63) is 32.1 Å². The van der Waals surface area contributed by atoms with Crippen molar-refractivity contribution in [3.63, 3.8) is 0 Å². The topological polar surface area (TPSA) is 63.4 Å². The number of aromatic hydroxyl groups is 1. The van der Waals surface area contributed by atoms with E-state index in [9.17, 15) is 15.2 Å². The monoisotopic (exact) mass is 273 g/mol. The molecule has 0 amide bonds. The van der Waals surface area contributed by atoms with E-state index in [0.29, 0.717) is 9.17 Å². The molecule has 0 fully saturated rings. The maximum Gasteiger partial charge on any atom is 0.313 e. The Hall–Kier alpha value is -1.14. The zero-order valence-electron chi connectivity index (χ0n) is 6.73. The van der Waals surface area contributed by atoms with Gasteiger partial charge in [-0.05, 0) is 27.4 Å². The van der Waals surface area contributed by atoms with Gasteiger partial charge in [-0.2, -0.15) is 0 Å². The summed E-state index contributed by atoms with van der Waals surface area (Å²) in [5.41, 5.74) is -0.271. The van der Waals surface area contributed by atoms with E-state index in [1.165, 1.54) is 17.4 Å². The Kier molecular flexibility index (Phi) is 2.16. The second-order valence-electron chi connectivity index (χ2n) is 2.65. The molecule has 0 spiro atoms. The molecule has 4 nitrogen and oxygen atoms in total. The molecule has 1 aromatic heterocycles. The van der Waals surface area contributed by atoms with Crippen molar-refractivity contribution in [2.75, 3.05) is 0 Å². The molecular weight excluding hydrogens is 270 g/mol. The molecule has 1 N–H and O–H groups in total. The van der Waals surface area contributed by atoms with Gasteiger partial charge in [0.25, 0.3) is 0 Å². The SMILES string of the molecule is O=[N+]([O-])c1cc(Br)c2ccsc2c1O. The number of nitrogens with zero attached hydrogens (tertiary/aromatic N) is 1. The molecule has 0 saturated carbocycles. The quantitative estimate of drug-likeness (QED) is 0.641. The minimum Gasteiger partial charge on any atom is -0.501 e. The zero-order chi connectivity index (χ0) is 10.3. The molecule has 1 aromatic carbocycles. The number of nitro benzene ring substituents is 1. The maximum absolute atomic E-state index is 10.6.